The Hall–Kier alpha value is -1.81. The smallest absolute Gasteiger partial charge is 0.240 e. The number of amides is 1. The predicted octanol–water partition coefficient (Wildman–Crippen LogP) is 3.86. The molecule has 0 spiro atoms. The van der Waals surface area contributed by atoms with Crippen molar-refractivity contribution in [2.75, 3.05) is 6.54 Å². The van der Waals surface area contributed by atoms with Gasteiger partial charge in [-0.2, -0.15) is 0 Å². The number of carbonyl (C=O) groups is 1. The van der Waals surface area contributed by atoms with Crippen molar-refractivity contribution in [2.45, 2.75) is 77.5 Å². The van der Waals surface area contributed by atoms with E-state index in [4.69, 9.17) is 0 Å². The Morgan fingerprint density at radius 3 is 2.73 bits per heavy atom. The maximum atomic E-state index is 12.7. The lowest BCUT2D eigenvalue weighted by Crippen LogP contribution is -2.39. The molecule has 0 unspecified atom stereocenters. The number of nitrogens with zero attached hydrogens (tertiary/aromatic N) is 2. The molecule has 0 atom stereocenters. The first-order chi connectivity index (χ1) is 12.6. The highest BCUT2D eigenvalue weighted by Crippen LogP contribution is 2.31. The van der Waals surface area contributed by atoms with Crippen molar-refractivity contribution in [3.8, 4) is 0 Å². The molecule has 1 aromatic carbocycles. The molecule has 0 bridgehead atoms. The SMILES string of the molecule is CC(C)N1CCc2c(c3ccccc3n2CC(=O)NC2CCCCC2)C1. The molecule has 1 fully saturated rings. The molecular formula is C22H31N3O. The fourth-order valence-corrected chi connectivity index (χ4v) is 4.71. The molecular weight excluding hydrogens is 322 g/mol. The summed E-state index contributed by atoms with van der Waals surface area (Å²) in [6.07, 6.45) is 7.11. The molecule has 1 N–H and O–H groups in total. The topological polar surface area (TPSA) is 37.3 Å². The maximum Gasteiger partial charge on any atom is 0.240 e. The van der Waals surface area contributed by atoms with E-state index in [0.29, 0.717) is 18.6 Å². The van der Waals surface area contributed by atoms with Gasteiger partial charge < -0.3 is 9.88 Å². The van der Waals surface area contributed by atoms with Crippen LogP contribution < -0.4 is 5.32 Å². The van der Waals surface area contributed by atoms with Crippen molar-refractivity contribution in [1.29, 1.82) is 0 Å². The zero-order valence-corrected chi connectivity index (χ0v) is 16.1. The average Bonchev–Trinajstić information content (AvgIpc) is 2.96. The number of carbonyl (C=O) groups excluding carboxylic acids is 1. The minimum atomic E-state index is 0.173. The standard InChI is InChI=1S/C22H31N3O/c1-16(2)24-13-12-21-19(14-24)18-10-6-7-11-20(18)25(21)15-22(26)23-17-8-4-3-5-9-17/h6-7,10-11,16-17H,3-5,8-9,12-15H2,1-2H3,(H,23,26). The first kappa shape index (κ1) is 17.6. The second-order valence-electron chi connectivity index (χ2n) is 8.25. The van der Waals surface area contributed by atoms with Gasteiger partial charge in [0.05, 0.1) is 0 Å². The van der Waals surface area contributed by atoms with E-state index < -0.39 is 0 Å². The van der Waals surface area contributed by atoms with Gasteiger partial charge in [0.2, 0.25) is 5.91 Å². The summed E-state index contributed by atoms with van der Waals surface area (Å²) in [5.41, 5.74) is 4.00. The van der Waals surface area contributed by atoms with Gasteiger partial charge in [-0.1, -0.05) is 37.5 Å². The van der Waals surface area contributed by atoms with Crippen molar-refractivity contribution >= 4 is 16.8 Å². The Kier molecular flexibility index (Phi) is 5.03. The Bertz CT molecular complexity index is 786. The molecule has 140 valence electrons. The minimum Gasteiger partial charge on any atom is -0.352 e. The van der Waals surface area contributed by atoms with Gasteiger partial charge >= 0.3 is 0 Å². The molecule has 0 radical (unpaired) electrons. The maximum absolute atomic E-state index is 12.7. The van der Waals surface area contributed by atoms with E-state index in [1.807, 2.05) is 0 Å². The Morgan fingerprint density at radius 2 is 1.96 bits per heavy atom. The molecule has 1 amide bonds. The van der Waals surface area contributed by atoms with Crippen molar-refractivity contribution < 1.29 is 4.79 Å². The fraction of sp³-hybridized carbons (Fsp3) is 0.591. The summed E-state index contributed by atoms with van der Waals surface area (Å²) >= 11 is 0. The van der Waals surface area contributed by atoms with Crippen LogP contribution in [0.5, 0.6) is 0 Å². The molecule has 4 nitrogen and oxygen atoms in total. The molecule has 1 aliphatic heterocycles. The highest BCUT2D eigenvalue weighted by Gasteiger charge is 2.26. The average molecular weight is 354 g/mol. The van der Waals surface area contributed by atoms with E-state index in [2.05, 4.69) is 52.9 Å². The van der Waals surface area contributed by atoms with E-state index in [0.717, 1.165) is 32.4 Å². The van der Waals surface area contributed by atoms with Crippen LogP contribution in [0, 0.1) is 0 Å². The van der Waals surface area contributed by atoms with Crippen LogP contribution in [0.25, 0.3) is 10.9 Å². The molecule has 4 rings (SSSR count). The lowest BCUT2D eigenvalue weighted by molar-refractivity contribution is -0.122. The van der Waals surface area contributed by atoms with Gasteiger partial charge in [-0.05, 0) is 38.3 Å². The van der Waals surface area contributed by atoms with E-state index in [9.17, 15) is 4.79 Å². The Labute approximate surface area is 156 Å². The number of para-hydroxylation sites is 1. The van der Waals surface area contributed by atoms with Crippen molar-refractivity contribution in [1.82, 2.24) is 14.8 Å². The van der Waals surface area contributed by atoms with Crippen LogP contribution in [0.2, 0.25) is 0 Å². The van der Waals surface area contributed by atoms with E-state index in [1.165, 1.54) is 41.4 Å². The number of hydrogen-bond acceptors (Lipinski definition) is 2. The number of hydrogen-bond donors (Lipinski definition) is 1. The molecule has 1 aliphatic carbocycles. The normalized spacial score (nSPS) is 19.0. The molecule has 2 aliphatic rings. The number of nitrogens with one attached hydrogen (secondary N) is 1. The lowest BCUT2D eigenvalue weighted by Gasteiger charge is -2.31. The second kappa shape index (κ2) is 7.43. The summed E-state index contributed by atoms with van der Waals surface area (Å²) in [6.45, 7) is 7.05. The van der Waals surface area contributed by atoms with Crippen molar-refractivity contribution in [3.05, 3.63) is 35.5 Å². The van der Waals surface area contributed by atoms with Crippen LogP contribution in [-0.4, -0.2) is 34.0 Å². The molecule has 4 heteroatoms. The lowest BCUT2D eigenvalue weighted by atomic mass is 9.95. The fourth-order valence-electron chi connectivity index (χ4n) is 4.71. The molecule has 1 aromatic heterocycles. The van der Waals surface area contributed by atoms with Crippen LogP contribution in [-0.2, 0) is 24.3 Å². The zero-order chi connectivity index (χ0) is 18.1. The van der Waals surface area contributed by atoms with Crippen molar-refractivity contribution in [2.24, 2.45) is 0 Å². The van der Waals surface area contributed by atoms with Gasteiger partial charge in [0, 0.05) is 48.2 Å². The third-order valence-corrected chi connectivity index (χ3v) is 6.19. The zero-order valence-electron chi connectivity index (χ0n) is 16.1. The number of aromatic nitrogens is 1. The summed E-state index contributed by atoms with van der Waals surface area (Å²) in [4.78, 5) is 15.3. The Balaban J connectivity index is 1.60. The predicted molar refractivity (Wildman–Crippen MR) is 106 cm³/mol. The van der Waals surface area contributed by atoms with Gasteiger partial charge in [-0.25, -0.2) is 0 Å². The first-order valence-electron chi connectivity index (χ1n) is 10.3. The number of rotatable bonds is 4. The third-order valence-electron chi connectivity index (χ3n) is 6.19. The van der Waals surface area contributed by atoms with E-state index >= 15 is 0 Å². The van der Waals surface area contributed by atoms with E-state index in [-0.39, 0.29) is 5.91 Å². The highest BCUT2D eigenvalue weighted by molar-refractivity contribution is 5.88. The molecule has 0 saturated heterocycles. The molecule has 1 saturated carbocycles. The summed E-state index contributed by atoms with van der Waals surface area (Å²) < 4.78 is 2.28. The molecule has 2 aromatic rings. The highest BCUT2D eigenvalue weighted by atomic mass is 16.2. The number of benzene rings is 1. The van der Waals surface area contributed by atoms with Crippen LogP contribution in [0.4, 0.5) is 0 Å². The summed E-state index contributed by atoms with van der Waals surface area (Å²) in [5, 5.41) is 4.60. The van der Waals surface area contributed by atoms with Crippen LogP contribution in [0.15, 0.2) is 24.3 Å². The molecule has 26 heavy (non-hydrogen) atoms. The first-order valence-corrected chi connectivity index (χ1v) is 10.3. The summed E-state index contributed by atoms with van der Waals surface area (Å²) in [5.74, 6) is 0.173. The number of fused-ring (bicyclic) bond motifs is 3. The monoisotopic (exact) mass is 353 g/mol. The van der Waals surface area contributed by atoms with Gasteiger partial charge in [-0.3, -0.25) is 9.69 Å². The van der Waals surface area contributed by atoms with Gasteiger partial charge in [0.1, 0.15) is 6.54 Å². The quantitative estimate of drug-likeness (QED) is 0.906. The van der Waals surface area contributed by atoms with Gasteiger partial charge in [0.25, 0.3) is 0 Å². The minimum absolute atomic E-state index is 0.173. The van der Waals surface area contributed by atoms with Crippen LogP contribution in [0.1, 0.15) is 57.2 Å². The van der Waals surface area contributed by atoms with E-state index in [1.54, 1.807) is 0 Å². The molecule has 2 heterocycles. The second-order valence-corrected chi connectivity index (χ2v) is 8.25. The van der Waals surface area contributed by atoms with Crippen LogP contribution in [0.3, 0.4) is 0 Å². The van der Waals surface area contributed by atoms with Crippen molar-refractivity contribution in [3.63, 3.8) is 0 Å². The Morgan fingerprint density at radius 1 is 1.19 bits per heavy atom. The van der Waals surface area contributed by atoms with Gasteiger partial charge in [0.15, 0.2) is 0 Å². The largest absolute Gasteiger partial charge is 0.352 e. The third kappa shape index (κ3) is 3.39. The van der Waals surface area contributed by atoms with Crippen LogP contribution >= 0.6 is 0 Å². The summed E-state index contributed by atoms with van der Waals surface area (Å²) in [6, 6.07) is 9.52. The summed E-state index contributed by atoms with van der Waals surface area (Å²) in [7, 11) is 0. The van der Waals surface area contributed by atoms with Gasteiger partial charge in [-0.15, -0.1) is 0 Å².